The summed E-state index contributed by atoms with van der Waals surface area (Å²) >= 11 is 0. The molecule has 1 N–H and O–H groups in total. The van der Waals surface area contributed by atoms with E-state index in [1.165, 1.54) is 6.26 Å². The molecule has 0 fully saturated rings. The third kappa shape index (κ3) is 4.30. The number of rotatable bonds is 1. The molecular formula is C2H7NOS2. The Balaban J connectivity index is 3.85. The maximum absolute atomic E-state index is 10.2. The van der Waals surface area contributed by atoms with Gasteiger partial charge in [-0.15, -0.1) is 0 Å². The van der Waals surface area contributed by atoms with Crippen molar-refractivity contribution in [3.8, 4) is 0 Å². The van der Waals surface area contributed by atoms with Crippen LogP contribution in [0.5, 0.6) is 0 Å². The summed E-state index contributed by atoms with van der Waals surface area (Å²) in [5.41, 5.74) is 0. The van der Waals surface area contributed by atoms with Crippen molar-refractivity contribution in [2.75, 3.05) is 12.5 Å². The van der Waals surface area contributed by atoms with Crippen LogP contribution in [-0.2, 0) is 8.76 Å². The first-order chi connectivity index (χ1) is 2.56. The van der Waals surface area contributed by atoms with Gasteiger partial charge in [-0.05, 0) is 6.26 Å². The summed E-state index contributed by atoms with van der Waals surface area (Å²) in [5, 5.41) is 0. The second kappa shape index (κ2) is 1.84. The Kier molecular flexibility index (Phi) is 1.93. The van der Waals surface area contributed by atoms with E-state index in [2.05, 4.69) is 0 Å². The normalized spacial score (nSPS) is 19.7. The molecule has 1 atom stereocenters. The quantitative estimate of drug-likeness (QED) is 0.530. The summed E-state index contributed by atoms with van der Waals surface area (Å²) in [7, 11) is -1.17. The van der Waals surface area contributed by atoms with E-state index in [0.29, 0.717) is 0 Å². The molecule has 0 amide bonds. The molecule has 0 radical (unpaired) electrons. The molecular weight excluding hydrogens is 118 g/mol. The van der Waals surface area contributed by atoms with Gasteiger partial charge >= 0.3 is 0 Å². The molecule has 1 unspecified atom stereocenters. The monoisotopic (exact) mass is 125 g/mol. The predicted molar refractivity (Wildman–Crippen MR) is 30.3 cm³/mol. The molecule has 0 spiro atoms. The minimum Gasteiger partial charge on any atom is -0.244 e. The zero-order valence-corrected chi connectivity index (χ0v) is 5.36. The van der Waals surface area contributed by atoms with Gasteiger partial charge in [0.15, 0.2) is 0 Å². The maximum atomic E-state index is 10.2. The lowest BCUT2D eigenvalue weighted by Crippen LogP contribution is -1.79. The number of hydrogen-bond acceptors (Lipinski definition) is 3. The molecule has 0 saturated carbocycles. The van der Waals surface area contributed by atoms with Crippen molar-refractivity contribution >= 4 is 19.6 Å². The fourth-order valence-electron chi connectivity index (χ4n) is 0. The van der Waals surface area contributed by atoms with Gasteiger partial charge in [-0.1, -0.05) is 10.8 Å². The van der Waals surface area contributed by atoms with Crippen LogP contribution in [0.4, 0.5) is 0 Å². The first kappa shape index (κ1) is 6.30. The molecule has 0 aliphatic rings. The fraction of sp³-hybridized carbons (Fsp3) is 1.00. The van der Waals surface area contributed by atoms with E-state index < -0.39 is 8.76 Å². The Labute approximate surface area is 41.7 Å². The summed E-state index contributed by atoms with van der Waals surface area (Å²) < 4.78 is 16.9. The highest BCUT2D eigenvalue weighted by Gasteiger charge is 1.85. The highest BCUT2D eigenvalue weighted by atomic mass is 33.1. The van der Waals surface area contributed by atoms with E-state index >= 15 is 0 Å². The molecule has 0 aliphatic carbocycles. The van der Waals surface area contributed by atoms with Crippen molar-refractivity contribution in [1.82, 2.24) is 0 Å². The Morgan fingerprint density at radius 3 is 2.00 bits per heavy atom. The Bertz CT molecular complexity index is 114. The van der Waals surface area contributed by atoms with Crippen molar-refractivity contribution in [3.63, 3.8) is 0 Å². The second-order valence-electron chi connectivity index (χ2n) is 0.939. The second-order valence-corrected chi connectivity index (χ2v) is 5.72. The van der Waals surface area contributed by atoms with Crippen LogP contribution in [0.15, 0.2) is 0 Å². The molecule has 4 heteroatoms. The lowest BCUT2D eigenvalue weighted by molar-refractivity contribution is 0.688. The van der Waals surface area contributed by atoms with Crippen molar-refractivity contribution < 1.29 is 4.21 Å². The van der Waals surface area contributed by atoms with Crippen LogP contribution >= 0.6 is 10.8 Å². The molecule has 6 heavy (non-hydrogen) atoms. The molecule has 0 aliphatic heterocycles. The van der Waals surface area contributed by atoms with Gasteiger partial charge in [-0.25, -0.2) is 8.99 Å². The van der Waals surface area contributed by atoms with E-state index in [1.807, 2.05) is 0 Å². The zero-order chi connectivity index (χ0) is 5.21. The van der Waals surface area contributed by atoms with E-state index in [0.717, 1.165) is 10.8 Å². The topological polar surface area (TPSA) is 40.9 Å². The van der Waals surface area contributed by atoms with Crippen LogP contribution < -0.4 is 0 Å². The van der Waals surface area contributed by atoms with Crippen LogP contribution in [-0.4, -0.2) is 16.7 Å². The molecule has 0 bridgehead atoms. The van der Waals surface area contributed by atoms with Gasteiger partial charge < -0.3 is 0 Å². The van der Waals surface area contributed by atoms with Crippen molar-refractivity contribution in [3.05, 3.63) is 0 Å². The summed E-state index contributed by atoms with van der Waals surface area (Å²) in [6, 6.07) is 0. The highest BCUT2D eigenvalue weighted by molar-refractivity contribution is 8.71. The summed E-state index contributed by atoms with van der Waals surface area (Å²) in [5.74, 6) is 0. The standard InChI is InChI=1S/C2H7NOS2/c1-5-6(2,3)4/h3H,1-2H3. The maximum Gasteiger partial charge on any atom is 0.0928 e. The third-order valence-corrected chi connectivity index (χ3v) is 2.86. The molecule has 0 aromatic heterocycles. The van der Waals surface area contributed by atoms with E-state index in [9.17, 15) is 4.21 Å². The minimum atomic E-state index is -2.25. The van der Waals surface area contributed by atoms with Gasteiger partial charge in [0.05, 0.1) is 8.76 Å². The van der Waals surface area contributed by atoms with Gasteiger partial charge in [0, 0.05) is 6.26 Å². The average Bonchev–Trinajstić information content (AvgIpc) is 1.35. The average molecular weight is 125 g/mol. The number of hydrogen-bond donors (Lipinski definition) is 1. The first-order valence-corrected chi connectivity index (χ1v) is 5.06. The van der Waals surface area contributed by atoms with Gasteiger partial charge in [0.2, 0.25) is 0 Å². The first-order valence-electron chi connectivity index (χ1n) is 1.35. The van der Waals surface area contributed by atoms with Crippen molar-refractivity contribution in [2.24, 2.45) is 0 Å². The smallest absolute Gasteiger partial charge is 0.0928 e. The lowest BCUT2D eigenvalue weighted by atomic mass is 12.0. The molecule has 0 aromatic rings. The van der Waals surface area contributed by atoms with Gasteiger partial charge in [0.25, 0.3) is 0 Å². The van der Waals surface area contributed by atoms with E-state index in [1.54, 1.807) is 6.26 Å². The summed E-state index contributed by atoms with van der Waals surface area (Å²) in [6.07, 6.45) is 3.06. The Morgan fingerprint density at radius 1 is 1.83 bits per heavy atom. The van der Waals surface area contributed by atoms with Crippen LogP contribution in [0.3, 0.4) is 0 Å². The molecule has 38 valence electrons. The largest absolute Gasteiger partial charge is 0.244 e. The molecule has 2 nitrogen and oxygen atoms in total. The van der Waals surface area contributed by atoms with Crippen LogP contribution in [0.1, 0.15) is 0 Å². The predicted octanol–water partition coefficient (Wildman–Crippen LogP) is 0.941. The Hall–Kier alpha value is 0.300. The van der Waals surface area contributed by atoms with E-state index in [-0.39, 0.29) is 0 Å². The van der Waals surface area contributed by atoms with E-state index in [4.69, 9.17) is 4.78 Å². The SMILES string of the molecule is CSS(C)(=N)=O. The van der Waals surface area contributed by atoms with Crippen LogP contribution in [0, 0.1) is 4.78 Å². The third-order valence-electron chi connectivity index (χ3n) is 0.318. The molecule has 0 aromatic carbocycles. The van der Waals surface area contributed by atoms with Gasteiger partial charge in [-0.3, -0.25) is 0 Å². The zero-order valence-electron chi connectivity index (χ0n) is 3.72. The van der Waals surface area contributed by atoms with Gasteiger partial charge in [-0.2, -0.15) is 0 Å². The fourth-order valence-corrected chi connectivity index (χ4v) is 0. The minimum absolute atomic E-state index is 1.08. The Morgan fingerprint density at radius 2 is 2.00 bits per heavy atom. The van der Waals surface area contributed by atoms with Crippen LogP contribution in [0.25, 0.3) is 0 Å². The summed E-state index contributed by atoms with van der Waals surface area (Å²) in [6.45, 7) is 0. The molecule has 0 saturated heterocycles. The van der Waals surface area contributed by atoms with Crippen molar-refractivity contribution in [2.45, 2.75) is 0 Å². The van der Waals surface area contributed by atoms with Crippen molar-refractivity contribution in [1.29, 1.82) is 4.78 Å². The lowest BCUT2D eigenvalue weighted by Gasteiger charge is -1.85. The van der Waals surface area contributed by atoms with Crippen LogP contribution in [0.2, 0.25) is 0 Å². The number of nitrogens with one attached hydrogen (secondary N) is 1. The summed E-state index contributed by atoms with van der Waals surface area (Å²) in [4.78, 5) is 0. The van der Waals surface area contributed by atoms with Gasteiger partial charge in [0.1, 0.15) is 0 Å². The molecule has 0 heterocycles. The molecule has 0 rings (SSSR count). The highest BCUT2D eigenvalue weighted by Crippen LogP contribution is 2.02.